The van der Waals surface area contributed by atoms with E-state index < -0.39 is 0 Å². The molecule has 1 aliphatic rings. The number of nitrogens with zero attached hydrogens (tertiary/aromatic N) is 3. The van der Waals surface area contributed by atoms with E-state index in [4.69, 9.17) is 0 Å². The number of hydrogen-bond donors (Lipinski definition) is 0. The summed E-state index contributed by atoms with van der Waals surface area (Å²) in [5, 5.41) is 6.69. The number of aromatic nitrogens is 3. The zero-order valence-corrected chi connectivity index (χ0v) is 10.2. The Bertz CT molecular complexity index is 472. The van der Waals surface area contributed by atoms with Crippen molar-refractivity contribution in [3.05, 3.63) is 34.0 Å². The molecular weight excluding hydrogens is 218 g/mol. The van der Waals surface area contributed by atoms with Gasteiger partial charge in [-0.3, -0.25) is 0 Å². The van der Waals surface area contributed by atoms with Gasteiger partial charge in [0.25, 0.3) is 0 Å². The zero-order valence-electron chi connectivity index (χ0n) is 9.39. The van der Waals surface area contributed by atoms with Gasteiger partial charge in [0.05, 0.1) is 0 Å². The Morgan fingerprint density at radius 2 is 2.50 bits per heavy atom. The Morgan fingerprint density at radius 3 is 3.25 bits per heavy atom. The van der Waals surface area contributed by atoms with E-state index in [1.165, 1.54) is 23.5 Å². The van der Waals surface area contributed by atoms with Crippen LogP contribution in [0.3, 0.4) is 0 Å². The Morgan fingerprint density at radius 1 is 1.56 bits per heavy atom. The van der Waals surface area contributed by atoms with Crippen LogP contribution in [0.25, 0.3) is 0 Å². The number of rotatable bonds is 2. The molecule has 0 saturated carbocycles. The van der Waals surface area contributed by atoms with Crippen molar-refractivity contribution >= 4 is 11.3 Å². The number of hydrogen-bond acceptors (Lipinski definition) is 3. The van der Waals surface area contributed by atoms with Crippen LogP contribution in [-0.2, 0) is 13.0 Å². The first-order chi connectivity index (χ1) is 7.83. The number of fused-ring (bicyclic) bond motifs is 1. The lowest BCUT2D eigenvalue weighted by Gasteiger charge is -2.17. The summed E-state index contributed by atoms with van der Waals surface area (Å²) in [6.07, 6.45) is 3.36. The molecule has 1 unspecified atom stereocenters. The highest BCUT2D eigenvalue weighted by Crippen LogP contribution is 2.25. The highest BCUT2D eigenvalue weighted by molar-refractivity contribution is 7.09. The highest BCUT2D eigenvalue weighted by Gasteiger charge is 2.20. The van der Waals surface area contributed by atoms with Gasteiger partial charge in [-0.2, -0.15) is 5.10 Å². The van der Waals surface area contributed by atoms with Crippen molar-refractivity contribution in [2.45, 2.75) is 38.6 Å². The molecule has 84 valence electrons. The van der Waals surface area contributed by atoms with E-state index in [2.05, 4.69) is 39.2 Å². The van der Waals surface area contributed by atoms with Crippen LogP contribution >= 0.6 is 11.3 Å². The molecule has 0 aliphatic carbocycles. The summed E-state index contributed by atoms with van der Waals surface area (Å²) >= 11 is 1.78. The van der Waals surface area contributed by atoms with Gasteiger partial charge >= 0.3 is 0 Å². The van der Waals surface area contributed by atoms with Crippen LogP contribution in [0, 0.1) is 0 Å². The maximum atomic E-state index is 4.67. The molecule has 4 heteroatoms. The molecule has 1 aliphatic heterocycles. The molecule has 3 rings (SSSR count). The first-order valence-corrected chi connectivity index (χ1v) is 6.67. The normalized spacial score (nSPS) is 19.7. The molecule has 3 heterocycles. The van der Waals surface area contributed by atoms with Crippen molar-refractivity contribution in [2.24, 2.45) is 0 Å². The SMILES string of the molecule is CC1CCCn2nc(Cc3cccs3)nc21. The molecule has 0 spiro atoms. The molecule has 0 bridgehead atoms. The van der Waals surface area contributed by atoms with E-state index in [1.54, 1.807) is 11.3 Å². The molecular formula is C12H15N3S. The van der Waals surface area contributed by atoms with Crippen LogP contribution < -0.4 is 0 Å². The largest absolute Gasteiger partial charge is 0.250 e. The van der Waals surface area contributed by atoms with Crippen molar-refractivity contribution in [2.75, 3.05) is 0 Å². The number of thiophene rings is 1. The minimum Gasteiger partial charge on any atom is -0.250 e. The van der Waals surface area contributed by atoms with Crippen LogP contribution in [0.1, 0.15) is 42.2 Å². The third kappa shape index (κ3) is 1.78. The Labute approximate surface area is 99.1 Å². The number of aryl methyl sites for hydroxylation is 1. The molecule has 3 nitrogen and oxygen atoms in total. The van der Waals surface area contributed by atoms with Gasteiger partial charge < -0.3 is 0 Å². The van der Waals surface area contributed by atoms with Gasteiger partial charge in [-0.05, 0) is 24.3 Å². The zero-order chi connectivity index (χ0) is 11.0. The van der Waals surface area contributed by atoms with E-state index in [9.17, 15) is 0 Å². The van der Waals surface area contributed by atoms with Gasteiger partial charge in [-0.15, -0.1) is 11.3 Å². The van der Waals surface area contributed by atoms with E-state index in [-0.39, 0.29) is 0 Å². The summed E-state index contributed by atoms with van der Waals surface area (Å²) in [5.74, 6) is 2.72. The van der Waals surface area contributed by atoms with Crippen molar-refractivity contribution in [3.63, 3.8) is 0 Å². The lowest BCUT2D eigenvalue weighted by molar-refractivity contribution is 0.431. The molecule has 2 aromatic heterocycles. The predicted molar refractivity (Wildman–Crippen MR) is 64.8 cm³/mol. The summed E-state index contributed by atoms with van der Waals surface area (Å²) < 4.78 is 2.09. The molecule has 0 fully saturated rings. The first-order valence-electron chi connectivity index (χ1n) is 5.79. The van der Waals surface area contributed by atoms with Gasteiger partial charge in [-0.25, -0.2) is 9.67 Å². The maximum Gasteiger partial charge on any atom is 0.156 e. The molecule has 16 heavy (non-hydrogen) atoms. The third-order valence-corrected chi connectivity index (χ3v) is 3.98. The predicted octanol–water partition coefficient (Wildman–Crippen LogP) is 2.83. The minimum atomic E-state index is 0.568. The van der Waals surface area contributed by atoms with Crippen molar-refractivity contribution in [1.82, 2.24) is 14.8 Å². The van der Waals surface area contributed by atoms with Gasteiger partial charge in [0.1, 0.15) is 5.82 Å². The van der Waals surface area contributed by atoms with Gasteiger partial charge in [0.15, 0.2) is 5.82 Å². The van der Waals surface area contributed by atoms with Gasteiger partial charge in [0.2, 0.25) is 0 Å². The van der Waals surface area contributed by atoms with Crippen LogP contribution in [0.15, 0.2) is 17.5 Å². The smallest absolute Gasteiger partial charge is 0.156 e. The van der Waals surface area contributed by atoms with Crippen LogP contribution in [0.2, 0.25) is 0 Å². The van der Waals surface area contributed by atoms with Crippen molar-refractivity contribution in [1.29, 1.82) is 0 Å². The molecule has 0 saturated heterocycles. The summed E-state index contributed by atoms with van der Waals surface area (Å²) in [6.45, 7) is 3.28. The summed E-state index contributed by atoms with van der Waals surface area (Å²) in [5.41, 5.74) is 0. The van der Waals surface area contributed by atoms with Crippen LogP contribution in [0.4, 0.5) is 0 Å². The fraction of sp³-hybridized carbons (Fsp3) is 0.500. The van der Waals surface area contributed by atoms with Gasteiger partial charge in [0, 0.05) is 23.8 Å². The average Bonchev–Trinajstić information content (AvgIpc) is 2.88. The second-order valence-electron chi connectivity index (χ2n) is 4.41. The molecule has 0 N–H and O–H groups in total. The second kappa shape index (κ2) is 4.01. The van der Waals surface area contributed by atoms with E-state index in [0.29, 0.717) is 5.92 Å². The summed E-state index contributed by atoms with van der Waals surface area (Å²) in [6, 6.07) is 4.23. The van der Waals surface area contributed by atoms with E-state index >= 15 is 0 Å². The Kier molecular flexibility index (Phi) is 2.52. The molecule has 0 aromatic carbocycles. The van der Waals surface area contributed by atoms with E-state index in [1.807, 2.05) is 0 Å². The highest BCUT2D eigenvalue weighted by atomic mass is 32.1. The molecule has 0 radical (unpaired) electrons. The Balaban J connectivity index is 1.87. The lowest BCUT2D eigenvalue weighted by Crippen LogP contribution is -2.14. The second-order valence-corrected chi connectivity index (χ2v) is 5.44. The summed E-state index contributed by atoms with van der Waals surface area (Å²) in [7, 11) is 0. The monoisotopic (exact) mass is 233 g/mol. The topological polar surface area (TPSA) is 30.7 Å². The quantitative estimate of drug-likeness (QED) is 0.798. The van der Waals surface area contributed by atoms with Gasteiger partial charge in [-0.1, -0.05) is 13.0 Å². The van der Waals surface area contributed by atoms with Crippen LogP contribution in [0.5, 0.6) is 0 Å². The average molecular weight is 233 g/mol. The molecule has 1 atom stereocenters. The lowest BCUT2D eigenvalue weighted by atomic mass is 10.0. The summed E-state index contributed by atoms with van der Waals surface area (Å²) in [4.78, 5) is 6.01. The third-order valence-electron chi connectivity index (χ3n) is 3.10. The standard InChI is InChI=1S/C12H15N3S/c1-9-4-2-6-15-12(9)13-11(14-15)8-10-5-3-7-16-10/h3,5,7,9H,2,4,6,8H2,1H3. The maximum absolute atomic E-state index is 4.67. The Hall–Kier alpha value is -1.16. The van der Waals surface area contributed by atoms with Crippen LogP contribution in [-0.4, -0.2) is 14.8 Å². The fourth-order valence-electron chi connectivity index (χ4n) is 2.25. The van der Waals surface area contributed by atoms with Crippen molar-refractivity contribution < 1.29 is 0 Å². The fourth-order valence-corrected chi connectivity index (χ4v) is 2.95. The van der Waals surface area contributed by atoms with Crippen molar-refractivity contribution in [3.8, 4) is 0 Å². The minimum absolute atomic E-state index is 0.568. The molecule has 0 amide bonds. The first kappa shape index (κ1) is 10.0. The molecule has 2 aromatic rings. The van der Waals surface area contributed by atoms with E-state index in [0.717, 1.165) is 18.8 Å².